The van der Waals surface area contributed by atoms with E-state index in [9.17, 15) is 0 Å². The van der Waals surface area contributed by atoms with Gasteiger partial charge in [-0.2, -0.15) is 0 Å². The van der Waals surface area contributed by atoms with E-state index in [0.717, 1.165) is 15.5 Å². The summed E-state index contributed by atoms with van der Waals surface area (Å²) in [5, 5.41) is 1.15. The first kappa shape index (κ1) is 10.9. The minimum atomic E-state index is 0.923. The fourth-order valence-corrected chi connectivity index (χ4v) is 2.92. The Kier molecular flexibility index (Phi) is 2.91. The predicted octanol–water partition coefficient (Wildman–Crippen LogP) is 4.48. The van der Waals surface area contributed by atoms with E-state index in [4.69, 9.17) is 0 Å². The number of pyridine rings is 1. The Balaban J connectivity index is 2.03. The fourth-order valence-electron chi connectivity index (χ4n) is 1.65. The highest BCUT2D eigenvalue weighted by Crippen LogP contribution is 2.33. The van der Waals surface area contributed by atoms with Crippen LogP contribution in [-0.4, -0.2) is 9.97 Å². The second-order valence-electron chi connectivity index (χ2n) is 3.62. The highest BCUT2D eigenvalue weighted by atomic mass is 79.9. The average Bonchev–Trinajstić information content (AvgIpc) is 2.73. The van der Waals surface area contributed by atoms with Crippen molar-refractivity contribution in [2.24, 2.45) is 0 Å². The van der Waals surface area contributed by atoms with Gasteiger partial charge in [-0.1, -0.05) is 30.0 Å². The lowest BCUT2D eigenvalue weighted by molar-refractivity contribution is 1.31. The fraction of sp³-hybridized carbons (Fsp3) is 0. The van der Waals surface area contributed by atoms with Crippen molar-refractivity contribution in [3.8, 4) is 0 Å². The molecule has 0 bridgehead atoms. The molecule has 0 aliphatic heterocycles. The van der Waals surface area contributed by atoms with Crippen molar-refractivity contribution >= 4 is 38.7 Å². The molecule has 0 amide bonds. The summed E-state index contributed by atoms with van der Waals surface area (Å²) in [7, 11) is 0. The molecule has 4 heteroatoms. The van der Waals surface area contributed by atoms with Gasteiger partial charge in [0, 0.05) is 32.0 Å². The molecule has 0 saturated heterocycles. The molecule has 0 atom stereocenters. The second kappa shape index (κ2) is 4.55. The Hall–Kier alpha value is -1.26. The zero-order valence-corrected chi connectivity index (χ0v) is 11.3. The largest absolute Gasteiger partial charge is 0.345 e. The average molecular weight is 305 g/mol. The quantitative estimate of drug-likeness (QED) is 0.756. The molecule has 17 heavy (non-hydrogen) atoms. The van der Waals surface area contributed by atoms with Gasteiger partial charge >= 0.3 is 0 Å². The number of halogens is 1. The van der Waals surface area contributed by atoms with E-state index in [-0.39, 0.29) is 0 Å². The van der Waals surface area contributed by atoms with E-state index in [2.05, 4.69) is 44.1 Å². The van der Waals surface area contributed by atoms with Crippen molar-refractivity contribution in [1.82, 2.24) is 9.97 Å². The molecule has 0 saturated carbocycles. The highest BCUT2D eigenvalue weighted by Gasteiger charge is 2.06. The third-order valence-electron chi connectivity index (χ3n) is 2.43. The van der Waals surface area contributed by atoms with E-state index < -0.39 is 0 Å². The molecular formula is C13H9BrN2S. The van der Waals surface area contributed by atoms with Gasteiger partial charge in [0.2, 0.25) is 0 Å². The first-order chi connectivity index (χ1) is 8.33. The molecule has 2 heterocycles. The normalized spacial score (nSPS) is 10.9. The zero-order chi connectivity index (χ0) is 11.7. The Morgan fingerprint density at radius 3 is 2.82 bits per heavy atom. The van der Waals surface area contributed by atoms with Crippen molar-refractivity contribution < 1.29 is 0 Å². The van der Waals surface area contributed by atoms with E-state index >= 15 is 0 Å². The van der Waals surface area contributed by atoms with Crippen LogP contribution < -0.4 is 0 Å². The number of H-pyrrole nitrogens is 1. The van der Waals surface area contributed by atoms with Gasteiger partial charge in [0.1, 0.15) is 5.65 Å². The van der Waals surface area contributed by atoms with Crippen LogP contribution >= 0.6 is 27.7 Å². The molecule has 0 fully saturated rings. The summed E-state index contributed by atoms with van der Waals surface area (Å²) in [5.41, 5.74) is 0.923. The molecule has 1 aromatic carbocycles. The summed E-state index contributed by atoms with van der Waals surface area (Å²) in [6, 6.07) is 12.4. The highest BCUT2D eigenvalue weighted by molar-refractivity contribution is 9.10. The molecule has 0 unspecified atom stereocenters. The summed E-state index contributed by atoms with van der Waals surface area (Å²) in [4.78, 5) is 9.93. The molecule has 3 aromatic rings. The second-order valence-corrected chi connectivity index (χ2v) is 5.65. The molecule has 0 spiro atoms. The topological polar surface area (TPSA) is 28.7 Å². The van der Waals surface area contributed by atoms with E-state index in [1.54, 1.807) is 18.0 Å². The maximum atomic E-state index is 4.33. The van der Waals surface area contributed by atoms with Crippen LogP contribution in [0.4, 0.5) is 0 Å². The third kappa shape index (κ3) is 2.23. The van der Waals surface area contributed by atoms with Crippen LogP contribution in [0.25, 0.3) is 11.0 Å². The molecule has 0 radical (unpaired) electrons. The van der Waals surface area contributed by atoms with Crippen molar-refractivity contribution in [2.75, 3.05) is 0 Å². The lowest BCUT2D eigenvalue weighted by atomic mass is 10.3. The van der Waals surface area contributed by atoms with Gasteiger partial charge in [-0.15, -0.1) is 0 Å². The molecule has 3 rings (SSSR count). The van der Waals surface area contributed by atoms with Crippen LogP contribution in [0.15, 0.2) is 63.1 Å². The van der Waals surface area contributed by atoms with E-state index in [1.807, 2.05) is 24.4 Å². The summed E-state index contributed by atoms with van der Waals surface area (Å²) >= 11 is 5.19. The SMILES string of the molecule is Brc1cnc2[nH]cc(Sc3ccccc3)c2c1. The smallest absolute Gasteiger partial charge is 0.138 e. The summed E-state index contributed by atoms with van der Waals surface area (Å²) in [6.45, 7) is 0. The number of nitrogens with zero attached hydrogens (tertiary/aromatic N) is 1. The Labute approximate surface area is 112 Å². The molecule has 2 aromatic heterocycles. The van der Waals surface area contributed by atoms with Crippen molar-refractivity contribution in [1.29, 1.82) is 0 Å². The molecular weight excluding hydrogens is 296 g/mol. The van der Waals surface area contributed by atoms with Crippen molar-refractivity contribution in [3.05, 3.63) is 53.3 Å². The minimum absolute atomic E-state index is 0.923. The van der Waals surface area contributed by atoms with Gasteiger partial charge in [-0.3, -0.25) is 0 Å². The number of benzene rings is 1. The first-order valence-electron chi connectivity index (χ1n) is 5.18. The van der Waals surface area contributed by atoms with E-state index in [1.165, 1.54) is 9.79 Å². The number of hydrogen-bond acceptors (Lipinski definition) is 2. The Morgan fingerprint density at radius 1 is 1.18 bits per heavy atom. The monoisotopic (exact) mass is 304 g/mol. The Morgan fingerprint density at radius 2 is 2.00 bits per heavy atom. The summed E-state index contributed by atoms with van der Waals surface area (Å²) in [5.74, 6) is 0. The number of aromatic amines is 1. The van der Waals surface area contributed by atoms with Gasteiger partial charge in [0.15, 0.2) is 0 Å². The van der Waals surface area contributed by atoms with Gasteiger partial charge < -0.3 is 4.98 Å². The molecule has 1 N–H and O–H groups in total. The lowest BCUT2D eigenvalue weighted by Gasteiger charge is -1.99. The molecule has 84 valence electrons. The van der Waals surface area contributed by atoms with Crippen molar-refractivity contribution in [2.45, 2.75) is 9.79 Å². The third-order valence-corrected chi connectivity index (χ3v) is 3.93. The minimum Gasteiger partial charge on any atom is -0.345 e. The maximum Gasteiger partial charge on any atom is 0.138 e. The predicted molar refractivity (Wildman–Crippen MR) is 74.4 cm³/mol. The van der Waals surface area contributed by atoms with Crippen LogP contribution in [0.1, 0.15) is 0 Å². The molecule has 0 aliphatic rings. The Bertz CT molecular complexity index is 649. The first-order valence-corrected chi connectivity index (χ1v) is 6.79. The molecule has 0 aliphatic carbocycles. The van der Waals surface area contributed by atoms with Crippen LogP contribution in [0.5, 0.6) is 0 Å². The van der Waals surface area contributed by atoms with Gasteiger partial charge in [-0.05, 0) is 34.1 Å². The van der Waals surface area contributed by atoms with Crippen LogP contribution in [0.2, 0.25) is 0 Å². The van der Waals surface area contributed by atoms with E-state index in [0.29, 0.717) is 0 Å². The summed E-state index contributed by atoms with van der Waals surface area (Å²) < 4.78 is 1.000. The number of aromatic nitrogens is 2. The van der Waals surface area contributed by atoms with Gasteiger partial charge in [0.25, 0.3) is 0 Å². The zero-order valence-electron chi connectivity index (χ0n) is 8.85. The van der Waals surface area contributed by atoms with Crippen LogP contribution in [0.3, 0.4) is 0 Å². The standard InChI is InChI=1S/C13H9BrN2S/c14-9-6-11-12(8-16-13(11)15-7-9)17-10-4-2-1-3-5-10/h1-8H,(H,15,16). The lowest BCUT2D eigenvalue weighted by Crippen LogP contribution is -1.76. The number of fused-ring (bicyclic) bond motifs is 1. The van der Waals surface area contributed by atoms with Gasteiger partial charge in [-0.25, -0.2) is 4.98 Å². The maximum absolute atomic E-state index is 4.33. The van der Waals surface area contributed by atoms with Crippen LogP contribution in [0, 0.1) is 0 Å². The summed E-state index contributed by atoms with van der Waals surface area (Å²) in [6.07, 6.45) is 3.80. The van der Waals surface area contributed by atoms with Crippen molar-refractivity contribution in [3.63, 3.8) is 0 Å². The molecule has 2 nitrogen and oxygen atoms in total. The number of nitrogens with one attached hydrogen (secondary N) is 1. The van der Waals surface area contributed by atoms with Crippen LogP contribution in [-0.2, 0) is 0 Å². The van der Waals surface area contributed by atoms with Gasteiger partial charge in [0.05, 0.1) is 0 Å². The number of hydrogen-bond donors (Lipinski definition) is 1. The number of rotatable bonds is 2.